The van der Waals surface area contributed by atoms with E-state index in [9.17, 15) is 0 Å². The molecule has 0 bridgehead atoms. The maximum Gasteiger partial charge on any atom is 0.163 e. The van der Waals surface area contributed by atoms with E-state index < -0.39 is 0 Å². The van der Waals surface area contributed by atoms with E-state index in [1.807, 2.05) is 11.6 Å². The average Bonchev–Trinajstić information content (AvgIpc) is 2.69. The first kappa shape index (κ1) is 13.3. The van der Waals surface area contributed by atoms with Gasteiger partial charge in [-0.1, -0.05) is 61.0 Å². The highest BCUT2D eigenvalue weighted by atomic mass is 79.9. The van der Waals surface area contributed by atoms with Crippen LogP contribution in [0.4, 0.5) is 0 Å². The Morgan fingerprint density at radius 3 is 2.17 bits per heavy atom. The SMILES string of the molecule is Cn1c(CBr)nnc1-c1ccc(C(C)(C)C)cc1. The topological polar surface area (TPSA) is 30.7 Å². The zero-order valence-corrected chi connectivity index (χ0v) is 12.8. The molecule has 3 nitrogen and oxygen atoms in total. The van der Waals surface area contributed by atoms with E-state index in [0.29, 0.717) is 0 Å². The monoisotopic (exact) mass is 307 g/mol. The maximum absolute atomic E-state index is 4.23. The van der Waals surface area contributed by atoms with Gasteiger partial charge < -0.3 is 4.57 Å². The van der Waals surface area contributed by atoms with Crippen LogP contribution in [-0.2, 0) is 17.8 Å². The molecule has 0 atom stereocenters. The normalized spacial score (nSPS) is 11.8. The lowest BCUT2D eigenvalue weighted by molar-refractivity contribution is 0.590. The van der Waals surface area contributed by atoms with Crippen molar-refractivity contribution in [2.24, 2.45) is 7.05 Å². The van der Waals surface area contributed by atoms with Crippen LogP contribution in [0, 0.1) is 0 Å². The van der Waals surface area contributed by atoms with Gasteiger partial charge in [-0.25, -0.2) is 0 Å². The van der Waals surface area contributed by atoms with Crippen LogP contribution < -0.4 is 0 Å². The van der Waals surface area contributed by atoms with Crippen molar-refractivity contribution in [2.45, 2.75) is 31.5 Å². The molecular formula is C14H18BrN3. The molecule has 0 aliphatic rings. The van der Waals surface area contributed by atoms with Crippen LogP contribution >= 0.6 is 15.9 Å². The van der Waals surface area contributed by atoms with Crippen molar-refractivity contribution in [2.75, 3.05) is 0 Å². The predicted molar refractivity (Wildman–Crippen MR) is 77.8 cm³/mol. The van der Waals surface area contributed by atoms with E-state index in [4.69, 9.17) is 0 Å². The summed E-state index contributed by atoms with van der Waals surface area (Å²) < 4.78 is 2.01. The smallest absolute Gasteiger partial charge is 0.163 e. The summed E-state index contributed by atoms with van der Waals surface area (Å²) in [6.07, 6.45) is 0. The molecule has 1 heterocycles. The predicted octanol–water partition coefficient (Wildman–Crippen LogP) is 3.67. The van der Waals surface area contributed by atoms with Crippen molar-refractivity contribution >= 4 is 15.9 Å². The Bertz CT molecular complexity index is 535. The molecule has 0 unspecified atom stereocenters. The van der Waals surface area contributed by atoms with Crippen LogP contribution in [0.1, 0.15) is 32.2 Å². The highest BCUT2D eigenvalue weighted by molar-refractivity contribution is 9.08. The number of benzene rings is 1. The van der Waals surface area contributed by atoms with E-state index in [0.717, 1.165) is 22.5 Å². The summed E-state index contributed by atoms with van der Waals surface area (Å²) in [5, 5.41) is 9.10. The summed E-state index contributed by atoms with van der Waals surface area (Å²) in [6.45, 7) is 6.65. The molecule has 0 amide bonds. The van der Waals surface area contributed by atoms with E-state index in [-0.39, 0.29) is 5.41 Å². The number of halogens is 1. The quantitative estimate of drug-likeness (QED) is 0.793. The average molecular weight is 308 g/mol. The van der Waals surface area contributed by atoms with Crippen LogP contribution in [0.2, 0.25) is 0 Å². The first-order valence-electron chi connectivity index (χ1n) is 5.98. The number of aromatic nitrogens is 3. The van der Waals surface area contributed by atoms with Gasteiger partial charge in [-0.05, 0) is 11.0 Å². The van der Waals surface area contributed by atoms with Crippen LogP contribution in [0.15, 0.2) is 24.3 Å². The van der Waals surface area contributed by atoms with E-state index in [2.05, 4.69) is 71.2 Å². The molecule has 0 spiro atoms. The number of nitrogens with zero attached hydrogens (tertiary/aromatic N) is 3. The summed E-state index contributed by atoms with van der Waals surface area (Å²) in [5.41, 5.74) is 2.61. The Balaban J connectivity index is 2.37. The first-order valence-corrected chi connectivity index (χ1v) is 7.11. The molecule has 96 valence electrons. The number of hydrogen-bond donors (Lipinski definition) is 0. The third-order valence-electron chi connectivity index (χ3n) is 3.09. The number of rotatable bonds is 2. The van der Waals surface area contributed by atoms with Gasteiger partial charge in [0.2, 0.25) is 0 Å². The summed E-state index contributed by atoms with van der Waals surface area (Å²) in [5.74, 6) is 1.84. The zero-order chi connectivity index (χ0) is 13.3. The molecule has 0 saturated heterocycles. The maximum atomic E-state index is 4.23. The molecule has 18 heavy (non-hydrogen) atoms. The Kier molecular flexibility index (Phi) is 3.57. The van der Waals surface area contributed by atoms with Gasteiger partial charge in [-0.2, -0.15) is 0 Å². The van der Waals surface area contributed by atoms with E-state index >= 15 is 0 Å². The highest BCUT2D eigenvalue weighted by Gasteiger charge is 2.14. The minimum Gasteiger partial charge on any atom is -0.313 e. The zero-order valence-electron chi connectivity index (χ0n) is 11.2. The molecule has 0 fully saturated rings. The summed E-state index contributed by atoms with van der Waals surface area (Å²) in [4.78, 5) is 0. The van der Waals surface area contributed by atoms with Gasteiger partial charge in [0.05, 0.1) is 5.33 Å². The van der Waals surface area contributed by atoms with Gasteiger partial charge in [0, 0.05) is 12.6 Å². The Morgan fingerprint density at radius 2 is 1.72 bits per heavy atom. The molecule has 0 N–H and O–H groups in total. The van der Waals surface area contributed by atoms with Gasteiger partial charge in [0.1, 0.15) is 5.82 Å². The Labute approximate surface area is 116 Å². The van der Waals surface area contributed by atoms with Gasteiger partial charge >= 0.3 is 0 Å². The standard InChI is InChI=1S/C14H18BrN3/c1-14(2,3)11-7-5-10(6-8-11)13-17-16-12(9-15)18(13)4/h5-8H,9H2,1-4H3. The first-order chi connectivity index (χ1) is 8.43. The lowest BCUT2D eigenvalue weighted by atomic mass is 9.87. The summed E-state index contributed by atoms with van der Waals surface area (Å²) in [7, 11) is 1.99. The molecule has 4 heteroatoms. The van der Waals surface area contributed by atoms with Crippen LogP contribution in [0.25, 0.3) is 11.4 Å². The minimum absolute atomic E-state index is 0.180. The summed E-state index contributed by atoms with van der Waals surface area (Å²) >= 11 is 3.41. The summed E-state index contributed by atoms with van der Waals surface area (Å²) in [6, 6.07) is 8.56. The number of alkyl halides is 1. The van der Waals surface area contributed by atoms with Crippen LogP contribution in [0.5, 0.6) is 0 Å². The molecule has 1 aromatic carbocycles. The second-order valence-electron chi connectivity index (χ2n) is 5.46. The third kappa shape index (κ3) is 2.48. The lowest BCUT2D eigenvalue weighted by Gasteiger charge is -2.19. The third-order valence-corrected chi connectivity index (χ3v) is 3.60. The fourth-order valence-electron chi connectivity index (χ4n) is 1.85. The molecular weight excluding hydrogens is 290 g/mol. The van der Waals surface area contributed by atoms with E-state index in [1.165, 1.54) is 5.56 Å². The fourth-order valence-corrected chi connectivity index (χ4v) is 2.34. The van der Waals surface area contributed by atoms with Crippen molar-refractivity contribution in [1.82, 2.24) is 14.8 Å². The van der Waals surface area contributed by atoms with Gasteiger partial charge in [-0.15, -0.1) is 10.2 Å². The molecule has 2 aromatic rings. The van der Waals surface area contributed by atoms with Gasteiger partial charge in [-0.3, -0.25) is 0 Å². The van der Waals surface area contributed by atoms with Gasteiger partial charge in [0.25, 0.3) is 0 Å². The van der Waals surface area contributed by atoms with Crippen molar-refractivity contribution in [3.8, 4) is 11.4 Å². The second-order valence-corrected chi connectivity index (χ2v) is 6.02. The van der Waals surface area contributed by atoms with Gasteiger partial charge in [0.15, 0.2) is 5.82 Å². The molecule has 0 aliphatic heterocycles. The minimum atomic E-state index is 0.180. The van der Waals surface area contributed by atoms with Crippen LogP contribution in [-0.4, -0.2) is 14.8 Å². The largest absolute Gasteiger partial charge is 0.313 e. The Morgan fingerprint density at radius 1 is 1.11 bits per heavy atom. The fraction of sp³-hybridized carbons (Fsp3) is 0.429. The van der Waals surface area contributed by atoms with Crippen molar-refractivity contribution in [3.05, 3.63) is 35.7 Å². The molecule has 1 aromatic heterocycles. The van der Waals surface area contributed by atoms with Crippen molar-refractivity contribution < 1.29 is 0 Å². The van der Waals surface area contributed by atoms with Crippen molar-refractivity contribution in [3.63, 3.8) is 0 Å². The molecule has 2 rings (SSSR count). The Hall–Kier alpha value is -1.16. The molecule has 0 radical (unpaired) electrons. The second kappa shape index (κ2) is 4.84. The van der Waals surface area contributed by atoms with E-state index in [1.54, 1.807) is 0 Å². The molecule has 0 saturated carbocycles. The highest BCUT2D eigenvalue weighted by Crippen LogP contribution is 2.25. The van der Waals surface area contributed by atoms with Crippen molar-refractivity contribution in [1.29, 1.82) is 0 Å². The molecule has 0 aliphatic carbocycles. The van der Waals surface area contributed by atoms with Crippen LogP contribution in [0.3, 0.4) is 0 Å². The lowest BCUT2D eigenvalue weighted by Crippen LogP contribution is -2.10. The number of hydrogen-bond acceptors (Lipinski definition) is 2.